The van der Waals surface area contributed by atoms with Gasteiger partial charge in [-0.3, -0.25) is 0 Å². The monoisotopic (exact) mass is 290 g/mol. The maximum absolute atomic E-state index is 3.49. The van der Waals surface area contributed by atoms with Gasteiger partial charge in [0.05, 0.1) is 0 Å². The first-order valence-electron chi connectivity index (χ1n) is 7.37. The molecule has 1 heteroatoms. The zero-order valence-electron chi connectivity index (χ0n) is 11.4. The van der Waals surface area contributed by atoms with Crippen molar-refractivity contribution >= 4 is 15.9 Å². The van der Waals surface area contributed by atoms with E-state index in [2.05, 4.69) is 29.8 Å². The number of rotatable bonds is 12. The lowest BCUT2D eigenvalue weighted by molar-refractivity contribution is 0.437. The number of alkyl halides is 1. The standard InChI is InChI=1S/C15H31Br/c1-3-4-5-6-7-9-12-15(2)13-10-8-11-14-16/h15H,3-14H2,1-2H3/t15-/m1/s1. The van der Waals surface area contributed by atoms with E-state index in [0.29, 0.717) is 0 Å². The molecule has 0 N–H and O–H groups in total. The third-order valence-corrected chi connectivity index (χ3v) is 3.94. The first-order chi connectivity index (χ1) is 7.81. The van der Waals surface area contributed by atoms with Gasteiger partial charge in [0.15, 0.2) is 0 Å². The molecule has 0 unspecified atom stereocenters. The Labute approximate surface area is 112 Å². The van der Waals surface area contributed by atoms with Crippen LogP contribution in [0.5, 0.6) is 0 Å². The lowest BCUT2D eigenvalue weighted by atomic mass is 9.96. The third kappa shape index (κ3) is 12.5. The van der Waals surface area contributed by atoms with Gasteiger partial charge >= 0.3 is 0 Å². The van der Waals surface area contributed by atoms with Crippen molar-refractivity contribution < 1.29 is 0 Å². The highest BCUT2D eigenvalue weighted by Gasteiger charge is 2.01. The van der Waals surface area contributed by atoms with E-state index in [4.69, 9.17) is 0 Å². The molecule has 0 aromatic rings. The number of hydrogen-bond donors (Lipinski definition) is 0. The van der Waals surface area contributed by atoms with Crippen LogP contribution in [0.15, 0.2) is 0 Å². The van der Waals surface area contributed by atoms with Crippen LogP contribution in [-0.2, 0) is 0 Å². The van der Waals surface area contributed by atoms with E-state index in [-0.39, 0.29) is 0 Å². The molecule has 0 aromatic carbocycles. The van der Waals surface area contributed by atoms with E-state index in [9.17, 15) is 0 Å². The second-order valence-corrected chi connectivity index (χ2v) is 5.99. The minimum absolute atomic E-state index is 0.960. The zero-order chi connectivity index (χ0) is 12.1. The minimum Gasteiger partial charge on any atom is -0.0928 e. The molecule has 0 spiro atoms. The first kappa shape index (κ1) is 16.5. The number of unbranched alkanes of at least 4 members (excludes halogenated alkanes) is 7. The van der Waals surface area contributed by atoms with Crippen LogP contribution in [-0.4, -0.2) is 5.33 Å². The van der Waals surface area contributed by atoms with Crippen molar-refractivity contribution in [2.45, 2.75) is 84.5 Å². The summed E-state index contributed by atoms with van der Waals surface area (Å²) in [6.45, 7) is 4.72. The Morgan fingerprint density at radius 1 is 0.750 bits per heavy atom. The molecule has 0 saturated heterocycles. The van der Waals surface area contributed by atoms with Crippen LogP contribution in [0, 0.1) is 5.92 Å². The fourth-order valence-corrected chi connectivity index (χ4v) is 2.58. The van der Waals surface area contributed by atoms with Gasteiger partial charge in [0.2, 0.25) is 0 Å². The van der Waals surface area contributed by atoms with Crippen LogP contribution in [0.3, 0.4) is 0 Å². The lowest BCUT2D eigenvalue weighted by Gasteiger charge is -2.10. The largest absolute Gasteiger partial charge is 0.0928 e. The molecule has 0 aliphatic rings. The van der Waals surface area contributed by atoms with Crippen molar-refractivity contribution in [2.75, 3.05) is 5.33 Å². The summed E-state index contributed by atoms with van der Waals surface area (Å²) < 4.78 is 0. The summed E-state index contributed by atoms with van der Waals surface area (Å²) in [7, 11) is 0. The maximum Gasteiger partial charge on any atom is 0.00313 e. The van der Waals surface area contributed by atoms with Gasteiger partial charge in [0, 0.05) is 5.33 Å². The van der Waals surface area contributed by atoms with E-state index in [1.165, 1.54) is 76.0 Å². The molecular formula is C15H31Br. The second-order valence-electron chi connectivity index (χ2n) is 5.20. The van der Waals surface area contributed by atoms with Gasteiger partial charge in [-0.15, -0.1) is 0 Å². The Morgan fingerprint density at radius 2 is 1.25 bits per heavy atom. The molecule has 0 aliphatic heterocycles. The van der Waals surface area contributed by atoms with E-state index < -0.39 is 0 Å². The van der Waals surface area contributed by atoms with E-state index in [0.717, 1.165) is 5.92 Å². The highest BCUT2D eigenvalue weighted by molar-refractivity contribution is 9.09. The van der Waals surface area contributed by atoms with Crippen LogP contribution in [0.4, 0.5) is 0 Å². The molecule has 98 valence electrons. The summed E-state index contributed by atoms with van der Waals surface area (Å²) in [5.41, 5.74) is 0. The van der Waals surface area contributed by atoms with Gasteiger partial charge in [-0.25, -0.2) is 0 Å². The predicted octanol–water partition coefficient (Wildman–Crippen LogP) is 6.33. The molecule has 1 atom stereocenters. The van der Waals surface area contributed by atoms with Gasteiger partial charge in [-0.05, 0) is 12.3 Å². The van der Waals surface area contributed by atoms with Crippen molar-refractivity contribution in [3.63, 3.8) is 0 Å². The summed E-state index contributed by atoms with van der Waals surface area (Å²) in [6.07, 6.45) is 15.7. The van der Waals surface area contributed by atoms with Crippen LogP contribution < -0.4 is 0 Å². The fourth-order valence-electron chi connectivity index (χ4n) is 2.18. The molecule has 0 rings (SSSR count). The molecule has 0 amide bonds. The quantitative estimate of drug-likeness (QED) is 0.291. The Hall–Kier alpha value is 0.480. The van der Waals surface area contributed by atoms with Crippen LogP contribution >= 0.6 is 15.9 Å². The van der Waals surface area contributed by atoms with Crippen molar-refractivity contribution in [3.8, 4) is 0 Å². The summed E-state index contributed by atoms with van der Waals surface area (Å²) in [5.74, 6) is 0.960. The van der Waals surface area contributed by atoms with Gasteiger partial charge in [-0.1, -0.05) is 94.0 Å². The maximum atomic E-state index is 3.49. The van der Waals surface area contributed by atoms with Crippen molar-refractivity contribution in [1.29, 1.82) is 0 Å². The van der Waals surface area contributed by atoms with Crippen LogP contribution in [0.25, 0.3) is 0 Å². The normalized spacial score (nSPS) is 12.9. The van der Waals surface area contributed by atoms with Crippen LogP contribution in [0.2, 0.25) is 0 Å². The predicted molar refractivity (Wildman–Crippen MR) is 79.4 cm³/mol. The summed E-state index contributed by atoms with van der Waals surface area (Å²) in [4.78, 5) is 0. The molecule has 0 radical (unpaired) electrons. The number of halogens is 1. The van der Waals surface area contributed by atoms with Gasteiger partial charge in [-0.2, -0.15) is 0 Å². The number of hydrogen-bond acceptors (Lipinski definition) is 0. The Kier molecular flexibility index (Phi) is 14.0. The highest BCUT2D eigenvalue weighted by Crippen LogP contribution is 2.17. The molecule has 16 heavy (non-hydrogen) atoms. The second kappa shape index (κ2) is 13.5. The molecule has 0 heterocycles. The third-order valence-electron chi connectivity index (χ3n) is 3.38. The van der Waals surface area contributed by atoms with Crippen LogP contribution in [0.1, 0.15) is 84.5 Å². The van der Waals surface area contributed by atoms with Gasteiger partial charge in [0.1, 0.15) is 0 Å². The first-order valence-corrected chi connectivity index (χ1v) is 8.49. The van der Waals surface area contributed by atoms with E-state index in [1.54, 1.807) is 0 Å². The molecule has 0 saturated carbocycles. The molecular weight excluding hydrogens is 260 g/mol. The van der Waals surface area contributed by atoms with Crippen molar-refractivity contribution in [2.24, 2.45) is 5.92 Å². The SMILES string of the molecule is CCCCCCCC[C@@H](C)CCCCCBr. The molecule has 0 nitrogen and oxygen atoms in total. The smallest absolute Gasteiger partial charge is 0.00313 e. The Balaban J connectivity index is 3.08. The Bertz CT molecular complexity index is 123. The topological polar surface area (TPSA) is 0 Å². The lowest BCUT2D eigenvalue weighted by Crippen LogP contribution is -1.95. The van der Waals surface area contributed by atoms with Gasteiger partial charge in [0.25, 0.3) is 0 Å². The zero-order valence-corrected chi connectivity index (χ0v) is 13.0. The fraction of sp³-hybridized carbons (Fsp3) is 1.00. The average molecular weight is 291 g/mol. The van der Waals surface area contributed by atoms with E-state index in [1.807, 2.05) is 0 Å². The minimum atomic E-state index is 0.960. The van der Waals surface area contributed by atoms with Gasteiger partial charge < -0.3 is 0 Å². The van der Waals surface area contributed by atoms with Crippen molar-refractivity contribution in [1.82, 2.24) is 0 Å². The summed E-state index contributed by atoms with van der Waals surface area (Å²) in [5, 5.41) is 1.18. The molecule has 0 aromatic heterocycles. The van der Waals surface area contributed by atoms with E-state index >= 15 is 0 Å². The molecule has 0 aliphatic carbocycles. The molecule has 0 fully saturated rings. The summed E-state index contributed by atoms with van der Waals surface area (Å²) in [6, 6.07) is 0. The Morgan fingerprint density at radius 3 is 1.81 bits per heavy atom. The average Bonchev–Trinajstić information content (AvgIpc) is 2.29. The van der Waals surface area contributed by atoms with Crippen molar-refractivity contribution in [3.05, 3.63) is 0 Å². The highest BCUT2D eigenvalue weighted by atomic mass is 79.9. The molecule has 0 bridgehead atoms. The summed E-state index contributed by atoms with van der Waals surface area (Å²) >= 11 is 3.49.